The van der Waals surface area contributed by atoms with Gasteiger partial charge < -0.3 is 20.1 Å². The molecular weight excluding hydrogens is 706 g/mol. The van der Waals surface area contributed by atoms with Gasteiger partial charge in [-0.1, -0.05) is 71.7 Å². The SMILES string of the molecule is CC(C)[Si](C#Cc1cccc2cc(O)cc(-c3ncc4c(N5C[C@H]6C=C[C@@H](C5)N6)nc(OCC56CCCN5CC(F)(F)C6)nc4c3F)c12)(C(C)C)C(C)C. The number of nitrogens with zero attached hydrogens (tertiary/aromatic N) is 5. The van der Waals surface area contributed by atoms with Crippen LogP contribution in [0.2, 0.25) is 16.6 Å². The predicted molar refractivity (Wildman–Crippen MR) is 210 cm³/mol. The number of rotatable bonds is 8. The average molecular weight is 755 g/mol. The highest BCUT2D eigenvalue weighted by Crippen LogP contribution is 2.47. The van der Waals surface area contributed by atoms with Crippen LogP contribution in [0.3, 0.4) is 0 Å². The van der Waals surface area contributed by atoms with Gasteiger partial charge in [-0.15, -0.1) is 5.54 Å². The average Bonchev–Trinajstić information content (AvgIpc) is 3.74. The van der Waals surface area contributed by atoms with Crippen molar-refractivity contribution in [3.63, 3.8) is 0 Å². The van der Waals surface area contributed by atoms with Crippen molar-refractivity contribution in [1.29, 1.82) is 0 Å². The van der Waals surface area contributed by atoms with E-state index in [9.17, 15) is 13.9 Å². The van der Waals surface area contributed by atoms with E-state index in [1.807, 2.05) is 23.1 Å². The molecule has 0 aliphatic carbocycles. The molecule has 3 fully saturated rings. The quantitative estimate of drug-likeness (QED) is 0.106. The maximum Gasteiger partial charge on any atom is 0.319 e. The summed E-state index contributed by atoms with van der Waals surface area (Å²) in [6, 6.07) is 9.09. The van der Waals surface area contributed by atoms with E-state index < -0.39 is 25.4 Å². The largest absolute Gasteiger partial charge is 0.508 e. The normalized spacial score (nSPS) is 23.6. The van der Waals surface area contributed by atoms with Crippen LogP contribution in [0.25, 0.3) is 32.9 Å². The highest BCUT2D eigenvalue weighted by Gasteiger charge is 2.57. The van der Waals surface area contributed by atoms with Gasteiger partial charge in [0.15, 0.2) is 5.82 Å². The van der Waals surface area contributed by atoms with Gasteiger partial charge in [-0.2, -0.15) is 9.97 Å². The number of alkyl halides is 2. The zero-order valence-corrected chi connectivity index (χ0v) is 32.9. The van der Waals surface area contributed by atoms with Crippen molar-refractivity contribution in [2.24, 2.45) is 0 Å². The maximum atomic E-state index is 17.3. The summed E-state index contributed by atoms with van der Waals surface area (Å²) < 4.78 is 52.8. The molecule has 54 heavy (non-hydrogen) atoms. The first-order valence-corrected chi connectivity index (χ1v) is 21.5. The fourth-order valence-corrected chi connectivity index (χ4v) is 15.3. The van der Waals surface area contributed by atoms with Crippen molar-refractivity contribution >= 4 is 35.6 Å². The van der Waals surface area contributed by atoms with E-state index >= 15 is 4.39 Å². The van der Waals surface area contributed by atoms with Gasteiger partial charge in [-0.05, 0) is 59.6 Å². The predicted octanol–water partition coefficient (Wildman–Crippen LogP) is 8.23. The van der Waals surface area contributed by atoms with Gasteiger partial charge >= 0.3 is 6.01 Å². The second kappa shape index (κ2) is 13.5. The van der Waals surface area contributed by atoms with Gasteiger partial charge in [0, 0.05) is 54.3 Å². The molecule has 0 amide bonds. The lowest BCUT2D eigenvalue weighted by atomic mass is 9.94. The third kappa shape index (κ3) is 6.22. The molecule has 3 atom stereocenters. The molecule has 2 aromatic heterocycles. The number of pyridine rings is 1. The van der Waals surface area contributed by atoms with Gasteiger partial charge in [0.2, 0.25) is 0 Å². The van der Waals surface area contributed by atoms with Gasteiger partial charge in [-0.3, -0.25) is 9.88 Å². The van der Waals surface area contributed by atoms with Gasteiger partial charge in [0.1, 0.15) is 37.5 Å². The van der Waals surface area contributed by atoms with Gasteiger partial charge in [0.05, 0.1) is 17.5 Å². The first-order chi connectivity index (χ1) is 25.7. The minimum atomic E-state index is -2.80. The van der Waals surface area contributed by atoms with Crippen LogP contribution in [0.5, 0.6) is 11.8 Å². The molecule has 2 N–H and O–H groups in total. The summed E-state index contributed by atoms with van der Waals surface area (Å²) in [7, 11) is -2.11. The summed E-state index contributed by atoms with van der Waals surface area (Å²) in [6.45, 7) is 15.1. The number of piperazine rings is 1. The smallest absolute Gasteiger partial charge is 0.319 e. The third-order valence-corrected chi connectivity index (χ3v) is 18.8. The molecule has 0 saturated carbocycles. The van der Waals surface area contributed by atoms with E-state index in [2.05, 4.69) is 80.4 Å². The fourth-order valence-electron chi connectivity index (χ4n) is 10.1. The summed E-state index contributed by atoms with van der Waals surface area (Å²) >= 11 is 0. The molecule has 4 aliphatic rings. The van der Waals surface area contributed by atoms with Crippen LogP contribution in [-0.2, 0) is 0 Å². The lowest BCUT2D eigenvalue weighted by Gasteiger charge is -2.38. The Morgan fingerprint density at radius 2 is 1.76 bits per heavy atom. The topological polar surface area (TPSA) is 86.6 Å². The highest BCUT2D eigenvalue weighted by atomic mass is 28.3. The van der Waals surface area contributed by atoms with Crippen molar-refractivity contribution in [3.05, 3.63) is 60.1 Å². The molecule has 0 spiro atoms. The van der Waals surface area contributed by atoms with Gasteiger partial charge in [-0.25, -0.2) is 13.2 Å². The minimum Gasteiger partial charge on any atom is -0.508 e. The number of phenolic OH excluding ortho intramolecular Hbond substituents is 1. The Morgan fingerprint density at radius 1 is 1.04 bits per heavy atom. The molecule has 1 unspecified atom stereocenters. The Balaban J connectivity index is 1.27. The summed E-state index contributed by atoms with van der Waals surface area (Å²) in [5.41, 5.74) is 5.45. The first-order valence-electron chi connectivity index (χ1n) is 19.3. The summed E-state index contributed by atoms with van der Waals surface area (Å²) in [5, 5.41) is 16.3. The van der Waals surface area contributed by atoms with Crippen LogP contribution in [0.4, 0.5) is 19.0 Å². The van der Waals surface area contributed by atoms with Crippen molar-refractivity contribution in [1.82, 2.24) is 25.2 Å². The van der Waals surface area contributed by atoms with Crippen LogP contribution in [0, 0.1) is 17.3 Å². The molecule has 4 aromatic rings. The molecule has 6 heterocycles. The van der Waals surface area contributed by atoms with Crippen LogP contribution >= 0.6 is 0 Å². The Hall–Kier alpha value is -4.18. The van der Waals surface area contributed by atoms with Crippen molar-refractivity contribution in [2.45, 2.75) is 101 Å². The maximum absolute atomic E-state index is 17.3. The molecule has 8 nitrogen and oxygen atoms in total. The zero-order valence-electron chi connectivity index (χ0n) is 31.9. The molecule has 4 aliphatic heterocycles. The van der Waals surface area contributed by atoms with Crippen molar-refractivity contribution < 1.29 is 23.0 Å². The molecule has 2 bridgehead atoms. The van der Waals surface area contributed by atoms with Crippen molar-refractivity contribution in [2.75, 3.05) is 37.7 Å². The number of benzene rings is 2. The van der Waals surface area contributed by atoms with Crippen LogP contribution in [0.15, 0.2) is 48.7 Å². The Morgan fingerprint density at radius 3 is 2.46 bits per heavy atom. The molecule has 12 heteroatoms. The second-order valence-corrected chi connectivity index (χ2v) is 22.4. The van der Waals surface area contributed by atoms with E-state index in [4.69, 9.17) is 14.7 Å². The molecule has 0 radical (unpaired) electrons. The number of fused-ring (bicyclic) bond motifs is 5. The molecule has 2 aromatic carbocycles. The van der Waals surface area contributed by atoms with E-state index in [0.29, 0.717) is 70.2 Å². The molecule has 8 rings (SSSR count). The van der Waals surface area contributed by atoms with Crippen LogP contribution in [-0.4, -0.2) is 89.4 Å². The van der Waals surface area contributed by atoms with E-state index in [1.54, 1.807) is 12.3 Å². The highest BCUT2D eigenvalue weighted by molar-refractivity contribution is 6.90. The fraction of sp³-hybridized carbons (Fsp3) is 0.500. The lowest BCUT2D eigenvalue weighted by molar-refractivity contribution is 0.00803. The summed E-state index contributed by atoms with van der Waals surface area (Å²) in [4.78, 5) is 18.1. The molecule has 3 saturated heterocycles. The van der Waals surface area contributed by atoms with Crippen molar-refractivity contribution in [3.8, 4) is 34.5 Å². The number of aromatic nitrogens is 3. The number of nitrogens with one attached hydrogen (secondary N) is 1. The minimum absolute atomic E-state index is 0.0160. The number of ether oxygens (including phenoxy) is 1. The lowest BCUT2D eigenvalue weighted by Crippen LogP contribution is -2.52. The Labute approximate surface area is 316 Å². The summed E-state index contributed by atoms with van der Waals surface area (Å²) in [5.74, 6) is 0.535. The third-order valence-electron chi connectivity index (χ3n) is 12.5. The van der Waals surface area contributed by atoms with Gasteiger partial charge in [0.25, 0.3) is 5.92 Å². The number of halogens is 3. The number of hydrogen-bond acceptors (Lipinski definition) is 8. The number of phenols is 1. The standard InChI is InChI=1S/C42H49F3N6O2Si/c1-25(2)54(26(3)4,27(5)6)16-13-28-9-7-10-29-17-32(52)18-33(35(28)29)37-36(43)38-34(19-46-37)39(50-20-30-11-12-31(21-50)47-30)49-40(48-38)53-24-41-14-8-15-51(41)23-42(44,45)22-41/h7,9-12,17-19,25-27,30-31,47,52H,8,14-15,20-24H2,1-6H3/t30-,31+,41?. The van der Waals surface area contributed by atoms with Crippen LogP contribution in [0.1, 0.15) is 66.4 Å². The van der Waals surface area contributed by atoms with E-state index in [0.717, 1.165) is 12.0 Å². The van der Waals surface area contributed by atoms with E-state index in [-0.39, 0.29) is 54.6 Å². The number of aromatic hydroxyl groups is 1. The van der Waals surface area contributed by atoms with Crippen LogP contribution < -0.4 is 15.0 Å². The molecule has 284 valence electrons. The Kier molecular flexibility index (Phi) is 9.22. The zero-order chi connectivity index (χ0) is 38.2. The number of anilines is 1. The summed E-state index contributed by atoms with van der Waals surface area (Å²) in [6.07, 6.45) is 6.95. The first kappa shape index (κ1) is 36.8. The number of hydrogen-bond donors (Lipinski definition) is 2. The van der Waals surface area contributed by atoms with E-state index in [1.165, 1.54) is 6.07 Å². The Bertz CT molecular complexity index is 2180. The molecular formula is C42H49F3N6O2Si. The monoisotopic (exact) mass is 754 g/mol. The second-order valence-electron chi connectivity index (χ2n) is 16.8.